The van der Waals surface area contributed by atoms with Crippen molar-refractivity contribution in [3.8, 4) is 0 Å². The van der Waals surface area contributed by atoms with Gasteiger partial charge in [0, 0.05) is 26.6 Å². The number of fused-ring (bicyclic) bond motifs is 1. The first kappa shape index (κ1) is 16.5. The Morgan fingerprint density at radius 2 is 2.16 bits per heavy atom. The summed E-state index contributed by atoms with van der Waals surface area (Å²) in [5.41, 5.74) is 2.02. The van der Waals surface area contributed by atoms with E-state index in [1.165, 1.54) is 4.70 Å². The Morgan fingerprint density at radius 1 is 1.32 bits per heavy atom. The van der Waals surface area contributed by atoms with E-state index in [-0.39, 0.29) is 5.92 Å². The van der Waals surface area contributed by atoms with E-state index >= 15 is 0 Å². The molecule has 1 aliphatic rings. The third kappa shape index (κ3) is 3.15. The Morgan fingerprint density at radius 3 is 2.92 bits per heavy atom. The summed E-state index contributed by atoms with van der Waals surface area (Å²) in [4.78, 5) is 11.8. The fraction of sp³-hybridized carbons (Fsp3) is 0.647. The van der Waals surface area contributed by atoms with Crippen LogP contribution in [0.4, 0.5) is 5.13 Å². The van der Waals surface area contributed by atoms with Gasteiger partial charge in [-0.1, -0.05) is 30.3 Å². The van der Waals surface area contributed by atoms with E-state index in [2.05, 4.69) is 34.0 Å². The van der Waals surface area contributed by atoms with Gasteiger partial charge in [-0.15, -0.1) is 0 Å². The highest BCUT2D eigenvalue weighted by atomic mass is 32.1. The van der Waals surface area contributed by atoms with Crippen molar-refractivity contribution in [3.63, 3.8) is 0 Å². The number of thiazole rings is 1. The third-order valence-corrected chi connectivity index (χ3v) is 5.86. The Hall–Kier alpha value is -1.96. The SMILES string of the molecule is Cc1nn(C)c2nc(N3CCC[C@@H](c4nc(CC(C)C)no4)C3)sc12. The number of anilines is 1. The van der Waals surface area contributed by atoms with Crippen molar-refractivity contribution < 1.29 is 4.52 Å². The van der Waals surface area contributed by atoms with Gasteiger partial charge in [0.25, 0.3) is 0 Å². The molecule has 8 heteroatoms. The minimum Gasteiger partial charge on any atom is -0.347 e. The first-order chi connectivity index (χ1) is 12.0. The van der Waals surface area contributed by atoms with Crippen molar-refractivity contribution in [2.45, 2.75) is 46.0 Å². The predicted octanol–water partition coefficient (Wildman–Crippen LogP) is 3.30. The molecule has 134 valence electrons. The van der Waals surface area contributed by atoms with Crippen molar-refractivity contribution in [3.05, 3.63) is 17.4 Å². The second-order valence-electron chi connectivity index (χ2n) is 7.29. The molecule has 0 unspecified atom stereocenters. The maximum Gasteiger partial charge on any atom is 0.231 e. The molecular formula is C17H24N6OS. The molecule has 0 spiro atoms. The predicted molar refractivity (Wildman–Crippen MR) is 98.2 cm³/mol. The van der Waals surface area contributed by atoms with Crippen LogP contribution < -0.4 is 4.90 Å². The van der Waals surface area contributed by atoms with Crippen molar-refractivity contribution in [1.29, 1.82) is 0 Å². The number of hydrogen-bond donors (Lipinski definition) is 0. The molecule has 0 radical (unpaired) electrons. The lowest BCUT2D eigenvalue weighted by Crippen LogP contribution is -2.34. The molecule has 0 bridgehead atoms. The van der Waals surface area contributed by atoms with E-state index in [1.54, 1.807) is 11.3 Å². The molecule has 4 rings (SSSR count). The Balaban J connectivity index is 1.53. The standard InChI is InChI=1S/C17H24N6OS/c1-10(2)8-13-18-16(24-21-13)12-6-5-7-23(9-12)17-19-15-14(25-17)11(3)20-22(15)4/h10,12H,5-9H2,1-4H3/t12-/m1/s1. The molecule has 0 aromatic carbocycles. The molecule has 1 aliphatic heterocycles. The van der Waals surface area contributed by atoms with Gasteiger partial charge in [-0.3, -0.25) is 0 Å². The number of rotatable bonds is 4. The van der Waals surface area contributed by atoms with Crippen LogP contribution in [0.3, 0.4) is 0 Å². The number of nitrogens with zero attached hydrogens (tertiary/aromatic N) is 6. The minimum atomic E-state index is 0.286. The molecule has 1 atom stereocenters. The molecule has 4 heterocycles. The molecule has 25 heavy (non-hydrogen) atoms. The normalized spacial score (nSPS) is 18.6. The second-order valence-corrected chi connectivity index (χ2v) is 8.27. The van der Waals surface area contributed by atoms with Crippen LogP contribution in [-0.2, 0) is 13.5 Å². The Bertz CT molecular complexity index is 845. The molecule has 7 nitrogen and oxygen atoms in total. The van der Waals surface area contributed by atoms with Crippen molar-refractivity contribution in [1.82, 2.24) is 24.9 Å². The lowest BCUT2D eigenvalue weighted by Gasteiger charge is -2.30. The third-order valence-electron chi connectivity index (χ3n) is 4.65. The highest BCUT2D eigenvalue weighted by molar-refractivity contribution is 7.22. The lowest BCUT2D eigenvalue weighted by molar-refractivity contribution is 0.329. The van der Waals surface area contributed by atoms with Gasteiger partial charge >= 0.3 is 0 Å². The van der Waals surface area contributed by atoms with Gasteiger partial charge in [-0.2, -0.15) is 10.1 Å². The molecule has 0 amide bonds. The smallest absolute Gasteiger partial charge is 0.231 e. The summed E-state index contributed by atoms with van der Waals surface area (Å²) in [5.74, 6) is 2.42. The van der Waals surface area contributed by atoms with E-state index in [9.17, 15) is 0 Å². The summed E-state index contributed by atoms with van der Waals surface area (Å²) in [7, 11) is 1.95. The Labute approximate surface area is 151 Å². The van der Waals surface area contributed by atoms with Crippen LogP contribution in [0.1, 0.15) is 50.0 Å². The van der Waals surface area contributed by atoms with Gasteiger partial charge in [0.15, 0.2) is 16.6 Å². The fourth-order valence-corrected chi connectivity index (χ4v) is 4.51. The van der Waals surface area contributed by atoms with Crippen molar-refractivity contribution in [2.24, 2.45) is 13.0 Å². The molecule has 1 saturated heterocycles. The second kappa shape index (κ2) is 6.40. The molecule has 0 N–H and O–H groups in total. The van der Waals surface area contributed by atoms with Crippen LogP contribution in [0, 0.1) is 12.8 Å². The Kier molecular flexibility index (Phi) is 4.23. The quantitative estimate of drug-likeness (QED) is 0.711. The molecule has 0 saturated carbocycles. The minimum absolute atomic E-state index is 0.286. The van der Waals surface area contributed by atoms with E-state index in [1.807, 2.05) is 18.7 Å². The molecule has 3 aromatic heterocycles. The largest absolute Gasteiger partial charge is 0.347 e. The zero-order chi connectivity index (χ0) is 17.6. The highest BCUT2D eigenvalue weighted by Gasteiger charge is 2.28. The van der Waals surface area contributed by atoms with Gasteiger partial charge in [-0.05, 0) is 25.7 Å². The van der Waals surface area contributed by atoms with E-state index in [0.717, 1.165) is 60.5 Å². The maximum atomic E-state index is 5.55. The van der Waals surface area contributed by atoms with Gasteiger partial charge < -0.3 is 9.42 Å². The topological polar surface area (TPSA) is 72.9 Å². The van der Waals surface area contributed by atoms with Gasteiger partial charge in [0.1, 0.15) is 0 Å². The van der Waals surface area contributed by atoms with E-state index in [0.29, 0.717) is 5.92 Å². The summed E-state index contributed by atoms with van der Waals surface area (Å²) in [6.07, 6.45) is 3.06. The number of hydrogen-bond acceptors (Lipinski definition) is 7. The maximum absolute atomic E-state index is 5.55. The lowest BCUT2D eigenvalue weighted by atomic mass is 9.98. The molecule has 1 fully saturated rings. The van der Waals surface area contributed by atoms with Gasteiger partial charge in [-0.25, -0.2) is 9.67 Å². The summed E-state index contributed by atoms with van der Waals surface area (Å²) in [6.45, 7) is 8.29. The van der Waals surface area contributed by atoms with Gasteiger partial charge in [0.2, 0.25) is 5.89 Å². The number of aryl methyl sites for hydroxylation is 2. The van der Waals surface area contributed by atoms with Crippen LogP contribution in [0.25, 0.3) is 10.3 Å². The average Bonchev–Trinajstić information content (AvgIpc) is 3.26. The fourth-order valence-electron chi connectivity index (χ4n) is 3.44. The van der Waals surface area contributed by atoms with E-state index in [4.69, 9.17) is 9.51 Å². The molecular weight excluding hydrogens is 336 g/mol. The first-order valence-electron chi connectivity index (χ1n) is 8.89. The first-order valence-corrected chi connectivity index (χ1v) is 9.70. The summed E-state index contributed by atoms with van der Waals surface area (Å²) in [6, 6.07) is 0. The monoisotopic (exact) mass is 360 g/mol. The summed E-state index contributed by atoms with van der Waals surface area (Å²) in [5, 5.41) is 9.66. The number of aromatic nitrogens is 5. The summed E-state index contributed by atoms with van der Waals surface area (Å²) < 4.78 is 8.59. The van der Waals surface area contributed by atoms with Crippen LogP contribution in [0.5, 0.6) is 0 Å². The number of piperidine rings is 1. The van der Waals surface area contributed by atoms with E-state index < -0.39 is 0 Å². The zero-order valence-electron chi connectivity index (χ0n) is 15.2. The zero-order valence-corrected chi connectivity index (χ0v) is 16.0. The van der Waals surface area contributed by atoms with Crippen LogP contribution in [-0.4, -0.2) is 38.0 Å². The highest BCUT2D eigenvalue weighted by Crippen LogP contribution is 2.35. The molecule has 0 aliphatic carbocycles. The van der Waals surface area contributed by atoms with Crippen LogP contribution >= 0.6 is 11.3 Å². The summed E-state index contributed by atoms with van der Waals surface area (Å²) >= 11 is 1.73. The average molecular weight is 360 g/mol. The van der Waals surface area contributed by atoms with Crippen LogP contribution in [0.15, 0.2) is 4.52 Å². The van der Waals surface area contributed by atoms with Crippen molar-refractivity contribution in [2.75, 3.05) is 18.0 Å². The van der Waals surface area contributed by atoms with Gasteiger partial charge in [0.05, 0.1) is 16.3 Å². The van der Waals surface area contributed by atoms with Crippen LogP contribution in [0.2, 0.25) is 0 Å². The molecule has 3 aromatic rings. The van der Waals surface area contributed by atoms with Crippen molar-refractivity contribution >= 4 is 26.8 Å².